The van der Waals surface area contributed by atoms with Crippen molar-refractivity contribution in [2.24, 2.45) is 0 Å². The van der Waals surface area contributed by atoms with Crippen LogP contribution in [0.5, 0.6) is 0 Å². The quantitative estimate of drug-likeness (QED) is 0.628. The van der Waals surface area contributed by atoms with E-state index in [9.17, 15) is 4.79 Å². The minimum atomic E-state index is -0.348. The molecule has 0 aliphatic carbocycles. The van der Waals surface area contributed by atoms with Gasteiger partial charge in [0.05, 0.1) is 11.2 Å². The second kappa shape index (κ2) is 8.85. The smallest absolute Gasteiger partial charge is 0.275 e. The van der Waals surface area contributed by atoms with Crippen LogP contribution in [0.25, 0.3) is 0 Å². The van der Waals surface area contributed by atoms with Crippen LogP contribution in [-0.2, 0) is 6.54 Å². The average molecular weight is 395 g/mol. The highest BCUT2D eigenvalue weighted by Gasteiger charge is 2.16. The lowest BCUT2D eigenvalue weighted by atomic mass is 10.2. The van der Waals surface area contributed by atoms with Crippen molar-refractivity contribution in [2.75, 3.05) is 17.3 Å². The van der Waals surface area contributed by atoms with Crippen LogP contribution in [0, 0.1) is 0 Å². The maximum absolute atomic E-state index is 12.6. The van der Waals surface area contributed by atoms with E-state index in [1.165, 1.54) is 11.8 Å². The molecule has 0 atom stereocenters. The van der Waals surface area contributed by atoms with Gasteiger partial charge >= 0.3 is 0 Å². The summed E-state index contributed by atoms with van der Waals surface area (Å²) in [4.78, 5) is 23.2. The number of nitrogens with one attached hydrogen (secondary N) is 1. The van der Waals surface area contributed by atoms with E-state index in [0.29, 0.717) is 11.5 Å². The van der Waals surface area contributed by atoms with Crippen LogP contribution in [0.3, 0.4) is 0 Å². The highest BCUT2D eigenvalue weighted by atomic mass is 35.5. The minimum Gasteiger partial charge on any atom is -0.370 e. The number of carbonyl (C=O) groups is 1. The van der Waals surface area contributed by atoms with Gasteiger partial charge in [0, 0.05) is 30.9 Å². The van der Waals surface area contributed by atoms with E-state index in [2.05, 4.69) is 32.3 Å². The molecule has 0 saturated heterocycles. The zero-order valence-corrected chi connectivity index (χ0v) is 16.9. The molecule has 3 rings (SSSR count). The molecule has 144 valence electrons. The van der Waals surface area contributed by atoms with E-state index in [1.54, 1.807) is 0 Å². The molecule has 0 aliphatic rings. The van der Waals surface area contributed by atoms with Gasteiger partial charge in [-0.15, -0.1) is 0 Å². The Morgan fingerprint density at radius 2 is 1.79 bits per heavy atom. The van der Waals surface area contributed by atoms with Crippen molar-refractivity contribution in [3.63, 3.8) is 0 Å². The van der Waals surface area contributed by atoms with Crippen molar-refractivity contribution >= 4 is 28.9 Å². The number of hydrogen-bond acceptors (Lipinski definition) is 4. The molecule has 1 amide bonds. The van der Waals surface area contributed by atoms with Crippen LogP contribution in [-0.4, -0.2) is 22.9 Å². The number of nitrogens with zero attached hydrogens (tertiary/aromatic N) is 3. The molecule has 28 heavy (non-hydrogen) atoms. The Morgan fingerprint density at radius 1 is 1.11 bits per heavy atom. The first-order chi connectivity index (χ1) is 13.4. The first-order valence-electron chi connectivity index (χ1n) is 9.13. The number of carbonyl (C=O) groups excluding carboxylic acids is 1. The SMILES string of the molecule is CC(C)c1ncc(Cl)c(C(=O)Nc2ccc(N(C)Cc3ccccc3)cc2)n1. The highest BCUT2D eigenvalue weighted by molar-refractivity contribution is 6.33. The molecular weight excluding hydrogens is 372 g/mol. The van der Waals surface area contributed by atoms with Gasteiger partial charge in [-0.2, -0.15) is 0 Å². The largest absolute Gasteiger partial charge is 0.370 e. The molecule has 3 aromatic rings. The summed E-state index contributed by atoms with van der Waals surface area (Å²) in [5.74, 6) is 0.357. The van der Waals surface area contributed by atoms with Crippen molar-refractivity contribution < 1.29 is 4.79 Å². The third kappa shape index (κ3) is 4.87. The summed E-state index contributed by atoms with van der Waals surface area (Å²) in [5.41, 5.74) is 3.17. The molecule has 6 heteroatoms. The zero-order valence-electron chi connectivity index (χ0n) is 16.2. The van der Waals surface area contributed by atoms with Crippen LogP contribution in [0.15, 0.2) is 60.8 Å². The fourth-order valence-corrected chi connectivity index (χ4v) is 2.93. The standard InChI is InChI=1S/C22H23ClN4O/c1-15(2)21-24-13-19(23)20(26-21)22(28)25-17-9-11-18(12-10-17)27(3)14-16-7-5-4-6-8-16/h4-13,15H,14H2,1-3H3,(H,25,28). The topological polar surface area (TPSA) is 58.1 Å². The molecule has 0 bridgehead atoms. The van der Waals surface area contributed by atoms with Gasteiger partial charge < -0.3 is 10.2 Å². The van der Waals surface area contributed by atoms with E-state index in [1.807, 2.05) is 63.4 Å². The third-order valence-corrected chi connectivity index (χ3v) is 4.60. The second-order valence-electron chi connectivity index (χ2n) is 6.92. The van der Waals surface area contributed by atoms with Crippen molar-refractivity contribution in [3.8, 4) is 0 Å². The minimum absolute atomic E-state index is 0.114. The fourth-order valence-electron chi connectivity index (χ4n) is 2.76. The lowest BCUT2D eigenvalue weighted by Crippen LogP contribution is -2.17. The Balaban J connectivity index is 1.69. The third-order valence-electron chi connectivity index (χ3n) is 4.32. The molecule has 5 nitrogen and oxygen atoms in total. The summed E-state index contributed by atoms with van der Waals surface area (Å²) in [7, 11) is 2.04. The molecule has 0 unspecified atom stereocenters. The Morgan fingerprint density at radius 3 is 2.43 bits per heavy atom. The van der Waals surface area contributed by atoms with Gasteiger partial charge in [0.1, 0.15) is 5.82 Å². The molecule has 0 aliphatic heterocycles. The molecule has 1 N–H and O–H groups in total. The van der Waals surface area contributed by atoms with Crippen LogP contribution < -0.4 is 10.2 Å². The van der Waals surface area contributed by atoms with E-state index in [0.717, 1.165) is 12.2 Å². The van der Waals surface area contributed by atoms with Gasteiger partial charge in [0.15, 0.2) is 5.69 Å². The summed E-state index contributed by atoms with van der Waals surface area (Å²) in [6.45, 7) is 4.74. The van der Waals surface area contributed by atoms with Crippen LogP contribution in [0.2, 0.25) is 5.02 Å². The summed E-state index contributed by atoms with van der Waals surface area (Å²) >= 11 is 6.11. The van der Waals surface area contributed by atoms with Crippen LogP contribution >= 0.6 is 11.6 Å². The normalized spacial score (nSPS) is 10.8. The van der Waals surface area contributed by atoms with E-state index < -0.39 is 0 Å². The second-order valence-corrected chi connectivity index (χ2v) is 7.33. The Bertz CT molecular complexity index is 943. The van der Waals surface area contributed by atoms with Gasteiger partial charge in [-0.3, -0.25) is 4.79 Å². The van der Waals surface area contributed by atoms with E-state index in [-0.39, 0.29) is 22.5 Å². The molecule has 1 aromatic heterocycles. The zero-order chi connectivity index (χ0) is 20.1. The molecule has 0 spiro atoms. The summed E-state index contributed by atoms with van der Waals surface area (Å²) < 4.78 is 0. The highest BCUT2D eigenvalue weighted by Crippen LogP contribution is 2.21. The lowest BCUT2D eigenvalue weighted by molar-refractivity contribution is 0.102. The van der Waals surface area contributed by atoms with E-state index >= 15 is 0 Å². The fraction of sp³-hybridized carbons (Fsp3) is 0.227. The molecule has 0 radical (unpaired) electrons. The Labute approximate surface area is 170 Å². The first kappa shape index (κ1) is 19.8. The molecule has 1 heterocycles. The van der Waals surface area contributed by atoms with Gasteiger partial charge in [-0.25, -0.2) is 9.97 Å². The van der Waals surface area contributed by atoms with Crippen LogP contribution in [0.4, 0.5) is 11.4 Å². The number of amides is 1. The average Bonchev–Trinajstić information content (AvgIpc) is 2.69. The van der Waals surface area contributed by atoms with Gasteiger partial charge in [-0.1, -0.05) is 55.8 Å². The molecule has 0 fully saturated rings. The van der Waals surface area contributed by atoms with E-state index in [4.69, 9.17) is 11.6 Å². The molecular formula is C22H23ClN4O. The van der Waals surface area contributed by atoms with Crippen molar-refractivity contribution in [2.45, 2.75) is 26.3 Å². The van der Waals surface area contributed by atoms with Gasteiger partial charge in [0.2, 0.25) is 0 Å². The number of anilines is 2. The van der Waals surface area contributed by atoms with Crippen molar-refractivity contribution in [1.29, 1.82) is 0 Å². The van der Waals surface area contributed by atoms with Crippen molar-refractivity contribution in [3.05, 3.63) is 82.9 Å². The van der Waals surface area contributed by atoms with Crippen molar-refractivity contribution in [1.82, 2.24) is 9.97 Å². The monoisotopic (exact) mass is 394 g/mol. The molecule has 0 saturated carbocycles. The predicted molar refractivity (Wildman–Crippen MR) is 114 cm³/mol. The number of rotatable bonds is 6. The van der Waals surface area contributed by atoms with Crippen LogP contribution in [0.1, 0.15) is 41.6 Å². The maximum Gasteiger partial charge on any atom is 0.275 e. The van der Waals surface area contributed by atoms with Gasteiger partial charge in [0.25, 0.3) is 5.91 Å². The summed E-state index contributed by atoms with van der Waals surface area (Å²) in [6.07, 6.45) is 1.47. The lowest BCUT2D eigenvalue weighted by Gasteiger charge is -2.20. The number of benzene rings is 2. The number of halogens is 1. The Hall–Kier alpha value is -2.92. The Kier molecular flexibility index (Phi) is 6.26. The summed E-state index contributed by atoms with van der Waals surface area (Å²) in [5, 5.41) is 3.09. The number of aromatic nitrogens is 2. The maximum atomic E-state index is 12.6. The number of hydrogen-bond donors (Lipinski definition) is 1. The van der Waals surface area contributed by atoms with Gasteiger partial charge in [-0.05, 0) is 29.8 Å². The molecule has 2 aromatic carbocycles. The predicted octanol–water partition coefficient (Wildman–Crippen LogP) is 5.14. The first-order valence-corrected chi connectivity index (χ1v) is 9.50. The summed E-state index contributed by atoms with van der Waals surface area (Å²) in [6, 6.07) is 18.0.